The first-order valence-corrected chi connectivity index (χ1v) is 20.5. The lowest BCUT2D eigenvalue weighted by molar-refractivity contribution is -0.140. The third kappa shape index (κ3) is 10.4. The van der Waals surface area contributed by atoms with Crippen molar-refractivity contribution in [3.05, 3.63) is 65.0 Å². The molecular formula is C37H47ClN6O8S. The Morgan fingerprint density at radius 2 is 1.75 bits per heavy atom. The largest absolute Gasteiger partial charge is 0.434 e. The van der Waals surface area contributed by atoms with Crippen LogP contribution in [0.4, 0.5) is 0 Å². The number of likely N-dealkylation sites (tertiary alicyclic amines) is 2. The molecule has 3 N–H and O–H groups in total. The number of hydrogen-bond donors (Lipinski definition) is 3. The van der Waals surface area contributed by atoms with Crippen molar-refractivity contribution in [2.75, 3.05) is 39.0 Å². The number of carbonyl (C=O) groups is 4. The van der Waals surface area contributed by atoms with E-state index >= 15 is 0 Å². The summed E-state index contributed by atoms with van der Waals surface area (Å²) >= 11 is 6.05. The highest BCUT2D eigenvalue weighted by molar-refractivity contribution is 7.88. The number of sulfonamides is 1. The van der Waals surface area contributed by atoms with E-state index in [-0.39, 0.29) is 44.2 Å². The molecule has 0 unspecified atom stereocenters. The fourth-order valence-corrected chi connectivity index (χ4v) is 8.20. The zero-order valence-corrected chi connectivity index (χ0v) is 31.4. The van der Waals surface area contributed by atoms with Gasteiger partial charge in [-0.05, 0) is 87.4 Å². The molecule has 286 valence electrons. The molecule has 2 aromatic carbocycles. The standard InChI is InChI=1S/C37H47ClN6O8S/c1-53(49,50)42-29(13-10-24-14-16-39-17-15-24)37(48)44-22-27(51-23-25-8-11-26(38)12-9-25)20-31(44)35(47)40-30(21-33(45)43-18-4-5-19-43)34(46)36-41-28-6-2-3-7-32(28)52-36/h2-3,6-9,11-12,24,27,29-31,39,42H,4-5,10,13-23H2,1H3,(H,40,47)/t27-,29-,30+,31+/m1/s1. The molecule has 14 nitrogen and oxygen atoms in total. The van der Waals surface area contributed by atoms with Gasteiger partial charge in [0.25, 0.3) is 5.89 Å². The molecule has 4 atom stereocenters. The number of aromatic nitrogens is 1. The average Bonchev–Trinajstić information content (AvgIpc) is 3.93. The van der Waals surface area contributed by atoms with Gasteiger partial charge in [-0.1, -0.05) is 35.9 Å². The van der Waals surface area contributed by atoms with Gasteiger partial charge >= 0.3 is 0 Å². The Kier molecular flexibility index (Phi) is 12.8. The van der Waals surface area contributed by atoms with E-state index in [1.165, 1.54) is 4.90 Å². The SMILES string of the molecule is CS(=O)(=O)N[C@H](CCC1CCNCC1)C(=O)N1C[C@H](OCc2ccc(Cl)cc2)C[C@H]1C(=O)N[C@@H](CC(=O)N1CCCC1)C(=O)c1nc2ccccc2o1. The van der Waals surface area contributed by atoms with Crippen LogP contribution in [0.5, 0.6) is 0 Å². The lowest BCUT2D eigenvalue weighted by Crippen LogP contribution is -2.55. The molecule has 4 heterocycles. The van der Waals surface area contributed by atoms with E-state index in [1.807, 2.05) is 12.1 Å². The summed E-state index contributed by atoms with van der Waals surface area (Å²) in [5.74, 6) is -2.12. The van der Waals surface area contributed by atoms with Gasteiger partial charge in [0, 0.05) is 31.1 Å². The molecule has 1 aromatic heterocycles. The number of hydrogen-bond acceptors (Lipinski definition) is 10. The molecule has 0 radical (unpaired) electrons. The van der Waals surface area contributed by atoms with Crippen LogP contribution in [0.25, 0.3) is 11.1 Å². The maximum atomic E-state index is 14.3. The summed E-state index contributed by atoms with van der Waals surface area (Å²) in [5.41, 5.74) is 1.67. The molecule has 53 heavy (non-hydrogen) atoms. The van der Waals surface area contributed by atoms with Gasteiger partial charge in [-0.2, -0.15) is 0 Å². The second-order valence-corrected chi connectivity index (χ2v) is 16.4. The highest BCUT2D eigenvalue weighted by Crippen LogP contribution is 2.27. The number of halogens is 1. The molecule has 16 heteroatoms. The van der Waals surface area contributed by atoms with Gasteiger partial charge in [-0.15, -0.1) is 0 Å². The Morgan fingerprint density at radius 3 is 2.45 bits per heavy atom. The molecule has 3 aliphatic rings. The quantitative estimate of drug-likeness (QED) is 0.195. The molecule has 3 saturated heterocycles. The zero-order chi connectivity index (χ0) is 37.5. The number of Topliss-reactive ketones (excluding diaryl/α,β-unsaturated/α-hetero) is 1. The van der Waals surface area contributed by atoms with Crippen LogP contribution in [-0.4, -0.2) is 110 Å². The fourth-order valence-electron chi connectivity index (χ4n) is 7.34. The second kappa shape index (κ2) is 17.5. The van der Waals surface area contributed by atoms with Crippen molar-refractivity contribution in [3.8, 4) is 0 Å². The van der Waals surface area contributed by atoms with Gasteiger partial charge in [0.15, 0.2) is 5.58 Å². The number of piperidine rings is 1. The average molecular weight is 771 g/mol. The molecule has 3 fully saturated rings. The second-order valence-electron chi connectivity index (χ2n) is 14.2. The van der Waals surface area contributed by atoms with Crippen molar-refractivity contribution < 1.29 is 36.7 Å². The minimum atomic E-state index is -3.80. The number of carbonyl (C=O) groups excluding carboxylic acids is 4. The van der Waals surface area contributed by atoms with Crippen molar-refractivity contribution in [1.82, 2.24) is 30.1 Å². The molecule has 3 amide bonds. The van der Waals surface area contributed by atoms with Crippen LogP contribution < -0.4 is 15.4 Å². The maximum Gasteiger partial charge on any atom is 0.266 e. The summed E-state index contributed by atoms with van der Waals surface area (Å²) in [7, 11) is -3.80. The number of fused-ring (bicyclic) bond motifs is 1. The van der Waals surface area contributed by atoms with Gasteiger partial charge < -0.3 is 29.6 Å². The monoisotopic (exact) mass is 770 g/mol. The van der Waals surface area contributed by atoms with Gasteiger partial charge in [0.05, 0.1) is 25.4 Å². The number of ketones is 1. The number of nitrogens with zero attached hydrogens (tertiary/aromatic N) is 3. The molecule has 3 aromatic rings. The van der Waals surface area contributed by atoms with Gasteiger partial charge in [-0.25, -0.2) is 18.1 Å². The van der Waals surface area contributed by atoms with Crippen molar-refractivity contribution in [2.24, 2.45) is 5.92 Å². The van der Waals surface area contributed by atoms with Crippen LogP contribution in [0.1, 0.15) is 67.6 Å². The highest BCUT2D eigenvalue weighted by Gasteiger charge is 2.44. The van der Waals surface area contributed by atoms with Gasteiger partial charge in [0.2, 0.25) is 33.5 Å². The van der Waals surface area contributed by atoms with Crippen molar-refractivity contribution in [1.29, 1.82) is 0 Å². The maximum absolute atomic E-state index is 14.3. The molecule has 3 aliphatic heterocycles. The van der Waals surface area contributed by atoms with E-state index in [4.69, 9.17) is 20.8 Å². The molecule has 6 rings (SSSR count). The van der Waals surface area contributed by atoms with E-state index in [2.05, 4.69) is 20.3 Å². The Labute approximate surface area is 314 Å². The van der Waals surface area contributed by atoms with Crippen LogP contribution in [0.15, 0.2) is 52.9 Å². The third-order valence-electron chi connectivity index (χ3n) is 10.2. The molecular weight excluding hydrogens is 724 g/mol. The predicted octanol–water partition coefficient (Wildman–Crippen LogP) is 3.05. The van der Waals surface area contributed by atoms with Crippen LogP contribution in [0.3, 0.4) is 0 Å². The Bertz CT molecular complexity index is 1840. The molecule has 0 bridgehead atoms. The minimum absolute atomic E-state index is 0.0102. The van der Waals surface area contributed by atoms with E-state index in [0.29, 0.717) is 41.6 Å². The number of benzene rings is 2. The lowest BCUT2D eigenvalue weighted by atomic mass is 9.91. The smallest absolute Gasteiger partial charge is 0.266 e. The Morgan fingerprint density at radius 1 is 1.04 bits per heavy atom. The number of ether oxygens (including phenoxy) is 1. The van der Waals surface area contributed by atoms with Gasteiger partial charge in [0.1, 0.15) is 23.6 Å². The predicted molar refractivity (Wildman–Crippen MR) is 197 cm³/mol. The van der Waals surface area contributed by atoms with E-state index in [9.17, 15) is 27.6 Å². The third-order valence-corrected chi connectivity index (χ3v) is 11.2. The molecule has 0 saturated carbocycles. The van der Waals surface area contributed by atoms with E-state index < -0.39 is 51.9 Å². The summed E-state index contributed by atoms with van der Waals surface area (Å²) in [4.78, 5) is 63.3. The molecule has 0 spiro atoms. The van der Waals surface area contributed by atoms with Crippen LogP contribution in [0.2, 0.25) is 5.02 Å². The van der Waals surface area contributed by atoms with E-state index in [1.54, 1.807) is 41.3 Å². The first-order chi connectivity index (χ1) is 25.4. The highest BCUT2D eigenvalue weighted by atomic mass is 35.5. The van der Waals surface area contributed by atoms with Crippen molar-refractivity contribution in [2.45, 2.75) is 82.2 Å². The Balaban J connectivity index is 1.25. The lowest BCUT2D eigenvalue weighted by Gasteiger charge is -2.30. The summed E-state index contributed by atoms with van der Waals surface area (Å²) < 4.78 is 39.5. The summed E-state index contributed by atoms with van der Waals surface area (Å²) in [6, 6.07) is 10.4. The van der Waals surface area contributed by atoms with Crippen molar-refractivity contribution >= 4 is 56.2 Å². The normalized spacial score (nSPS) is 20.8. The zero-order valence-electron chi connectivity index (χ0n) is 29.8. The van der Waals surface area contributed by atoms with Crippen LogP contribution >= 0.6 is 11.6 Å². The first-order valence-electron chi connectivity index (χ1n) is 18.3. The number of amides is 3. The van der Waals surface area contributed by atoms with Crippen molar-refractivity contribution in [3.63, 3.8) is 0 Å². The first kappa shape index (κ1) is 38.8. The number of nitrogens with one attached hydrogen (secondary N) is 3. The number of oxazole rings is 1. The van der Waals surface area contributed by atoms with E-state index in [0.717, 1.165) is 50.6 Å². The summed E-state index contributed by atoms with van der Waals surface area (Å²) in [6.07, 6.45) is 4.57. The van der Waals surface area contributed by atoms with Gasteiger partial charge in [-0.3, -0.25) is 19.2 Å². The fraction of sp³-hybridized carbons (Fsp3) is 0.541. The topological polar surface area (TPSA) is 180 Å². The minimum Gasteiger partial charge on any atom is -0.434 e. The number of rotatable bonds is 15. The Hall–Kier alpha value is -3.89. The number of para-hydroxylation sites is 2. The summed E-state index contributed by atoms with van der Waals surface area (Å²) in [5, 5.41) is 6.65. The summed E-state index contributed by atoms with van der Waals surface area (Å²) in [6.45, 7) is 3.01. The van der Waals surface area contributed by atoms with Crippen LogP contribution in [-0.2, 0) is 35.8 Å². The van der Waals surface area contributed by atoms with Crippen LogP contribution in [0, 0.1) is 5.92 Å². The molecule has 0 aliphatic carbocycles.